The molecule has 8 nitrogen and oxygen atoms in total. The monoisotopic (exact) mass is 272 g/mol. The van der Waals surface area contributed by atoms with Crippen molar-refractivity contribution in [2.24, 2.45) is 5.73 Å². The molecular formula is C4H13NNaO7P2. The zero-order valence-corrected chi connectivity index (χ0v) is 11.9. The Hall–Kier alpha value is 1.22. The van der Waals surface area contributed by atoms with Crippen molar-refractivity contribution in [3.8, 4) is 0 Å². The van der Waals surface area contributed by atoms with Crippen molar-refractivity contribution >= 4 is 44.7 Å². The van der Waals surface area contributed by atoms with Gasteiger partial charge in [-0.2, -0.15) is 0 Å². The zero-order valence-electron chi connectivity index (χ0n) is 8.15. The number of rotatable bonds is 5. The molecule has 0 aliphatic carbocycles. The van der Waals surface area contributed by atoms with Gasteiger partial charge in [0.25, 0.3) is 5.08 Å². The van der Waals surface area contributed by atoms with Crippen LogP contribution in [-0.2, 0) is 9.13 Å². The van der Waals surface area contributed by atoms with Gasteiger partial charge in [0.1, 0.15) is 0 Å². The summed E-state index contributed by atoms with van der Waals surface area (Å²) in [6.45, 7) is -0.0394. The fraction of sp³-hybridized carbons (Fsp3) is 1.00. The van der Waals surface area contributed by atoms with Crippen LogP contribution in [0.15, 0.2) is 0 Å². The van der Waals surface area contributed by atoms with E-state index in [1.807, 2.05) is 0 Å². The molecule has 0 spiro atoms. The largest absolute Gasteiger partial charge is 0.369 e. The first-order valence-corrected chi connectivity index (χ1v) is 6.82. The predicted molar refractivity (Wildman–Crippen MR) is 53.1 cm³/mol. The summed E-state index contributed by atoms with van der Waals surface area (Å²) in [6.07, 6.45) is -0.856. The first-order chi connectivity index (χ1) is 6.06. The average Bonchev–Trinajstić information content (AvgIpc) is 1.95. The van der Waals surface area contributed by atoms with Gasteiger partial charge < -0.3 is 30.4 Å². The second-order valence-electron chi connectivity index (χ2n) is 2.75. The van der Waals surface area contributed by atoms with E-state index in [2.05, 4.69) is 0 Å². The van der Waals surface area contributed by atoms with Gasteiger partial charge in [0, 0.05) is 36.0 Å². The van der Waals surface area contributed by atoms with Crippen LogP contribution in [0.2, 0.25) is 0 Å². The van der Waals surface area contributed by atoms with E-state index < -0.39 is 26.7 Å². The van der Waals surface area contributed by atoms with Gasteiger partial charge in [0.05, 0.1) is 0 Å². The summed E-state index contributed by atoms with van der Waals surface area (Å²) >= 11 is 0. The summed E-state index contributed by atoms with van der Waals surface area (Å²) in [5.74, 6) is 0. The van der Waals surface area contributed by atoms with E-state index in [0.29, 0.717) is 0 Å². The van der Waals surface area contributed by atoms with E-state index in [1.165, 1.54) is 0 Å². The molecule has 0 amide bonds. The normalized spacial score (nSPS) is 13.5. The van der Waals surface area contributed by atoms with Gasteiger partial charge in [-0.15, -0.1) is 0 Å². The van der Waals surface area contributed by atoms with E-state index >= 15 is 0 Å². The van der Waals surface area contributed by atoms with Gasteiger partial charge in [-0.3, -0.25) is 9.13 Å². The molecule has 11 heteroatoms. The minimum atomic E-state index is -5.30. The molecule has 0 atom stereocenters. The van der Waals surface area contributed by atoms with Crippen molar-refractivity contribution in [1.29, 1.82) is 0 Å². The third-order valence-electron chi connectivity index (χ3n) is 1.65. The van der Waals surface area contributed by atoms with Crippen molar-refractivity contribution in [3.63, 3.8) is 0 Å². The van der Waals surface area contributed by atoms with Gasteiger partial charge in [-0.25, -0.2) is 0 Å². The Bertz CT molecular complexity index is 263. The van der Waals surface area contributed by atoms with Crippen LogP contribution in [0.1, 0.15) is 12.8 Å². The maximum Gasteiger partial charge on any atom is 0.369 e. The minimum Gasteiger partial charge on any atom is -0.368 e. The predicted octanol–water partition coefficient (Wildman–Crippen LogP) is -1.65. The minimum absolute atomic E-state index is 0. The molecule has 87 valence electrons. The van der Waals surface area contributed by atoms with Crippen LogP contribution >= 0.6 is 15.2 Å². The van der Waals surface area contributed by atoms with Crippen LogP contribution in [0, 0.1) is 0 Å². The van der Waals surface area contributed by atoms with E-state index in [4.69, 9.17) is 25.3 Å². The van der Waals surface area contributed by atoms with Crippen LogP contribution in [0.5, 0.6) is 0 Å². The van der Waals surface area contributed by atoms with E-state index in [0.717, 1.165) is 0 Å². The quantitative estimate of drug-likeness (QED) is 0.256. The van der Waals surface area contributed by atoms with Crippen LogP contribution in [0.3, 0.4) is 0 Å². The molecule has 0 rings (SSSR count). The van der Waals surface area contributed by atoms with Crippen LogP contribution in [0.25, 0.3) is 0 Å². The summed E-state index contributed by atoms with van der Waals surface area (Å²) < 4.78 is 21.4. The Morgan fingerprint density at radius 1 is 1.07 bits per heavy atom. The Kier molecular flexibility index (Phi) is 7.72. The van der Waals surface area contributed by atoms with Crippen LogP contribution in [-0.4, -0.2) is 65.9 Å². The summed E-state index contributed by atoms with van der Waals surface area (Å²) in [4.78, 5) is 34.5. The Balaban J connectivity index is 0. The van der Waals surface area contributed by atoms with Crippen molar-refractivity contribution in [3.05, 3.63) is 0 Å². The van der Waals surface area contributed by atoms with E-state index in [-0.39, 0.29) is 42.5 Å². The molecule has 0 saturated carbocycles. The van der Waals surface area contributed by atoms with Gasteiger partial charge in [-0.05, 0) is 13.0 Å². The molecule has 0 aromatic heterocycles. The number of aliphatic hydroxyl groups is 1. The first kappa shape index (κ1) is 18.6. The number of hydrogen-bond donors (Lipinski definition) is 6. The molecule has 15 heavy (non-hydrogen) atoms. The molecule has 1 radical (unpaired) electrons. The van der Waals surface area contributed by atoms with Gasteiger partial charge in [-0.1, -0.05) is 0 Å². The second-order valence-corrected chi connectivity index (χ2v) is 6.76. The van der Waals surface area contributed by atoms with E-state index in [9.17, 15) is 14.2 Å². The van der Waals surface area contributed by atoms with Gasteiger partial charge >= 0.3 is 15.2 Å². The van der Waals surface area contributed by atoms with Crippen molar-refractivity contribution in [1.82, 2.24) is 0 Å². The van der Waals surface area contributed by atoms with Crippen molar-refractivity contribution in [2.45, 2.75) is 17.9 Å². The average molecular weight is 272 g/mol. The third-order valence-corrected chi connectivity index (χ3v) is 5.53. The zero-order chi connectivity index (χ0) is 11.6. The fourth-order valence-electron chi connectivity index (χ4n) is 0.800. The summed E-state index contributed by atoms with van der Waals surface area (Å²) in [5.41, 5.74) is 5.01. The Morgan fingerprint density at radius 3 is 1.60 bits per heavy atom. The third kappa shape index (κ3) is 4.53. The fourth-order valence-corrected chi connectivity index (χ4v) is 3.06. The molecule has 0 fully saturated rings. The summed E-state index contributed by atoms with van der Waals surface area (Å²) in [6, 6.07) is 0. The van der Waals surface area contributed by atoms with E-state index in [1.54, 1.807) is 0 Å². The standard InChI is InChI=1S/C4H13NO7P2.Na/c5-3-1-2-4(6,13(7,8)9)14(10,11)12;/h6H,1-3,5H2,(H2,7,8,9)(H2,10,11,12);. The molecule has 7 N–H and O–H groups in total. The second kappa shape index (κ2) is 6.23. The topological polar surface area (TPSA) is 161 Å². The maximum atomic E-state index is 10.7. The first-order valence-electron chi connectivity index (χ1n) is 3.60. The molecule has 0 heterocycles. The Labute approximate surface area is 108 Å². The molecule has 0 unspecified atom stereocenters. The molecule has 0 aliphatic heterocycles. The van der Waals surface area contributed by atoms with Crippen molar-refractivity contribution < 1.29 is 33.8 Å². The van der Waals surface area contributed by atoms with Gasteiger partial charge in [0.2, 0.25) is 0 Å². The van der Waals surface area contributed by atoms with Crippen molar-refractivity contribution in [2.75, 3.05) is 6.54 Å². The smallest absolute Gasteiger partial charge is 0.368 e. The molecule has 0 aromatic carbocycles. The maximum absolute atomic E-state index is 10.7. The molecule has 0 aromatic rings. The molecule has 0 aliphatic rings. The molecule has 0 bridgehead atoms. The van der Waals surface area contributed by atoms with Gasteiger partial charge in [0.15, 0.2) is 0 Å². The van der Waals surface area contributed by atoms with Crippen LogP contribution in [0.4, 0.5) is 0 Å². The Morgan fingerprint density at radius 2 is 1.40 bits per heavy atom. The summed E-state index contributed by atoms with van der Waals surface area (Å²) in [5, 5.41) is 5.91. The molecular weight excluding hydrogens is 259 g/mol. The van der Waals surface area contributed by atoms with Crippen LogP contribution < -0.4 is 5.73 Å². The summed E-state index contributed by atoms with van der Waals surface area (Å²) in [7, 11) is -10.6. The number of hydrogen-bond acceptors (Lipinski definition) is 4. The number of nitrogens with two attached hydrogens (primary N) is 1. The molecule has 0 saturated heterocycles. The SMILES string of the molecule is NCCCC(O)(P(=O)(O)O)P(=O)(O)O.[Na].